The highest BCUT2D eigenvalue weighted by Crippen LogP contribution is 2.18. The molecule has 0 saturated carbocycles. The van der Waals surface area contributed by atoms with Crippen LogP contribution in [0.2, 0.25) is 0 Å². The summed E-state index contributed by atoms with van der Waals surface area (Å²) in [7, 11) is 2.07. The topological polar surface area (TPSA) is 28.2 Å². The van der Waals surface area contributed by atoms with Crippen molar-refractivity contribution in [1.82, 2.24) is 15.2 Å². The molecule has 21 heavy (non-hydrogen) atoms. The van der Waals surface area contributed by atoms with E-state index in [1.54, 1.807) is 0 Å². The van der Waals surface area contributed by atoms with E-state index >= 15 is 0 Å². The summed E-state index contributed by atoms with van der Waals surface area (Å²) in [6.45, 7) is 5.45. The number of benzene rings is 1. The summed E-state index contributed by atoms with van der Waals surface area (Å²) < 4.78 is 0. The molecule has 0 amide bonds. The number of aryl methyl sites for hydroxylation is 1. The molecule has 0 aliphatic carbocycles. The number of halogens is 1. The number of nitrogens with zero attached hydrogens (tertiary/aromatic N) is 2. The lowest BCUT2D eigenvalue weighted by Crippen LogP contribution is -2.43. The highest BCUT2D eigenvalue weighted by atomic mass is 35.5. The van der Waals surface area contributed by atoms with E-state index in [-0.39, 0.29) is 12.4 Å². The van der Waals surface area contributed by atoms with Gasteiger partial charge in [0, 0.05) is 30.2 Å². The van der Waals surface area contributed by atoms with Gasteiger partial charge in [-0.2, -0.15) is 0 Å². The molecule has 0 bridgehead atoms. The number of hydrogen-bond acceptors (Lipinski definition) is 3. The standard InChI is InChI=1S/C17H23N3.ClH/c1-13-5-7-15-10-14(6-8-17(15)19-13)11-20-9-3-4-16(12-20)18-2;/h5-8,10,16,18H,3-4,9,11-12H2,1-2H3;1H. The zero-order chi connectivity index (χ0) is 13.9. The van der Waals surface area contributed by atoms with Gasteiger partial charge in [-0.25, -0.2) is 0 Å². The summed E-state index contributed by atoms with van der Waals surface area (Å²) in [6, 6.07) is 11.6. The zero-order valence-corrected chi connectivity index (χ0v) is 13.6. The van der Waals surface area contributed by atoms with Gasteiger partial charge in [-0.3, -0.25) is 9.88 Å². The molecule has 2 heterocycles. The summed E-state index contributed by atoms with van der Waals surface area (Å²) in [4.78, 5) is 7.11. The molecule has 2 aromatic rings. The summed E-state index contributed by atoms with van der Waals surface area (Å²) in [5.74, 6) is 0. The number of fused-ring (bicyclic) bond motifs is 1. The Bertz CT molecular complexity index is 600. The minimum Gasteiger partial charge on any atom is -0.316 e. The van der Waals surface area contributed by atoms with E-state index in [0.29, 0.717) is 6.04 Å². The second-order valence-corrected chi connectivity index (χ2v) is 5.84. The quantitative estimate of drug-likeness (QED) is 0.944. The molecule has 1 unspecified atom stereocenters. The van der Waals surface area contributed by atoms with Crippen molar-refractivity contribution in [3.05, 3.63) is 41.6 Å². The zero-order valence-electron chi connectivity index (χ0n) is 12.8. The van der Waals surface area contributed by atoms with Crippen LogP contribution in [0.3, 0.4) is 0 Å². The largest absolute Gasteiger partial charge is 0.316 e. The fraction of sp³-hybridized carbons (Fsp3) is 0.471. The van der Waals surface area contributed by atoms with Crippen molar-refractivity contribution >= 4 is 23.3 Å². The molecule has 3 rings (SSSR count). The van der Waals surface area contributed by atoms with Crippen LogP contribution in [0, 0.1) is 6.92 Å². The Labute approximate surface area is 133 Å². The minimum absolute atomic E-state index is 0. The molecule has 1 aliphatic heterocycles. The van der Waals surface area contributed by atoms with Gasteiger partial charge >= 0.3 is 0 Å². The van der Waals surface area contributed by atoms with Crippen LogP contribution in [0.4, 0.5) is 0 Å². The molecular formula is C17H24ClN3. The highest BCUT2D eigenvalue weighted by molar-refractivity contribution is 5.85. The Hall–Kier alpha value is -1.16. The van der Waals surface area contributed by atoms with Crippen LogP contribution in [0.15, 0.2) is 30.3 Å². The van der Waals surface area contributed by atoms with Crippen molar-refractivity contribution in [3.8, 4) is 0 Å². The molecule has 4 heteroatoms. The maximum atomic E-state index is 4.57. The Morgan fingerprint density at radius 3 is 2.95 bits per heavy atom. The van der Waals surface area contributed by atoms with Crippen LogP contribution < -0.4 is 5.32 Å². The van der Waals surface area contributed by atoms with Gasteiger partial charge in [0.2, 0.25) is 0 Å². The average Bonchev–Trinajstić information content (AvgIpc) is 2.47. The highest BCUT2D eigenvalue weighted by Gasteiger charge is 2.18. The Kier molecular flexibility index (Phi) is 5.57. The molecule has 3 nitrogen and oxygen atoms in total. The van der Waals surface area contributed by atoms with Gasteiger partial charge in [0.05, 0.1) is 5.52 Å². The second-order valence-electron chi connectivity index (χ2n) is 5.84. The Morgan fingerprint density at radius 2 is 2.14 bits per heavy atom. The van der Waals surface area contributed by atoms with E-state index in [4.69, 9.17) is 0 Å². The first-order valence-electron chi connectivity index (χ1n) is 7.50. The first-order valence-corrected chi connectivity index (χ1v) is 7.50. The monoisotopic (exact) mass is 305 g/mol. The molecule has 1 fully saturated rings. The smallest absolute Gasteiger partial charge is 0.0705 e. The lowest BCUT2D eigenvalue weighted by Gasteiger charge is -2.32. The number of piperidine rings is 1. The van der Waals surface area contributed by atoms with E-state index in [1.807, 2.05) is 6.92 Å². The predicted octanol–water partition coefficient (Wildman–Crippen LogP) is 3.15. The molecule has 1 saturated heterocycles. The molecule has 1 aromatic carbocycles. The maximum absolute atomic E-state index is 4.57. The first-order chi connectivity index (χ1) is 9.74. The van der Waals surface area contributed by atoms with Crippen molar-refractivity contribution < 1.29 is 0 Å². The lowest BCUT2D eigenvalue weighted by molar-refractivity contribution is 0.188. The predicted molar refractivity (Wildman–Crippen MR) is 91.1 cm³/mol. The summed E-state index contributed by atoms with van der Waals surface area (Å²) >= 11 is 0. The molecular weight excluding hydrogens is 282 g/mol. The van der Waals surface area contributed by atoms with E-state index in [9.17, 15) is 0 Å². The van der Waals surface area contributed by atoms with Gasteiger partial charge in [-0.05, 0) is 57.1 Å². The van der Waals surface area contributed by atoms with Crippen LogP contribution in [0.25, 0.3) is 10.9 Å². The van der Waals surface area contributed by atoms with Gasteiger partial charge in [0.1, 0.15) is 0 Å². The summed E-state index contributed by atoms with van der Waals surface area (Å²) in [5.41, 5.74) is 3.57. The van der Waals surface area contributed by atoms with Crippen LogP contribution >= 0.6 is 12.4 Å². The Morgan fingerprint density at radius 1 is 1.29 bits per heavy atom. The maximum Gasteiger partial charge on any atom is 0.0705 e. The fourth-order valence-corrected chi connectivity index (χ4v) is 3.07. The van der Waals surface area contributed by atoms with E-state index in [0.717, 1.165) is 24.3 Å². The van der Waals surface area contributed by atoms with Gasteiger partial charge < -0.3 is 5.32 Å². The Balaban J connectivity index is 0.00000161. The average molecular weight is 306 g/mol. The van der Waals surface area contributed by atoms with Crippen molar-refractivity contribution in [2.45, 2.75) is 32.4 Å². The van der Waals surface area contributed by atoms with Crippen LogP contribution in [0.5, 0.6) is 0 Å². The molecule has 1 aromatic heterocycles. The van der Waals surface area contributed by atoms with Gasteiger partial charge in [-0.1, -0.05) is 12.1 Å². The van der Waals surface area contributed by atoms with E-state index in [1.165, 1.54) is 30.3 Å². The third-order valence-corrected chi connectivity index (χ3v) is 4.21. The number of hydrogen-bond donors (Lipinski definition) is 1. The third kappa shape index (κ3) is 3.94. The third-order valence-electron chi connectivity index (χ3n) is 4.21. The van der Waals surface area contributed by atoms with Gasteiger partial charge in [0.25, 0.3) is 0 Å². The number of pyridine rings is 1. The van der Waals surface area contributed by atoms with Crippen LogP contribution in [-0.2, 0) is 6.54 Å². The fourth-order valence-electron chi connectivity index (χ4n) is 3.07. The molecule has 1 aliphatic rings. The van der Waals surface area contributed by atoms with E-state index in [2.05, 4.69) is 52.6 Å². The van der Waals surface area contributed by atoms with Crippen LogP contribution in [0.1, 0.15) is 24.1 Å². The number of nitrogens with one attached hydrogen (secondary N) is 1. The number of aromatic nitrogens is 1. The van der Waals surface area contributed by atoms with Crippen molar-refractivity contribution in [3.63, 3.8) is 0 Å². The molecule has 1 atom stereocenters. The van der Waals surface area contributed by atoms with Crippen molar-refractivity contribution in [2.75, 3.05) is 20.1 Å². The van der Waals surface area contributed by atoms with E-state index < -0.39 is 0 Å². The van der Waals surface area contributed by atoms with Gasteiger partial charge in [0.15, 0.2) is 0 Å². The molecule has 1 N–H and O–H groups in total. The molecule has 114 valence electrons. The molecule has 0 spiro atoms. The first kappa shape index (κ1) is 16.2. The second kappa shape index (κ2) is 7.21. The van der Waals surface area contributed by atoms with Gasteiger partial charge in [-0.15, -0.1) is 12.4 Å². The number of likely N-dealkylation sites (tertiary alicyclic amines) is 1. The SMILES string of the molecule is CNC1CCCN(Cc2ccc3nc(C)ccc3c2)C1.Cl. The van der Waals surface area contributed by atoms with Crippen molar-refractivity contribution in [1.29, 1.82) is 0 Å². The number of rotatable bonds is 3. The lowest BCUT2D eigenvalue weighted by atomic mass is 10.0. The van der Waals surface area contributed by atoms with Crippen LogP contribution in [-0.4, -0.2) is 36.1 Å². The minimum atomic E-state index is 0. The summed E-state index contributed by atoms with van der Waals surface area (Å²) in [6.07, 6.45) is 2.59. The van der Waals surface area contributed by atoms with Crippen molar-refractivity contribution in [2.24, 2.45) is 0 Å². The summed E-state index contributed by atoms with van der Waals surface area (Å²) in [5, 5.41) is 4.65. The normalized spacial score (nSPS) is 19.4. The number of likely N-dealkylation sites (N-methyl/N-ethyl adjacent to an activating group) is 1. The molecule has 0 radical (unpaired) electrons.